The van der Waals surface area contributed by atoms with Gasteiger partial charge in [-0.1, -0.05) is 31.3 Å². The summed E-state index contributed by atoms with van der Waals surface area (Å²) in [5, 5.41) is 15.6. The second-order valence-electron chi connectivity index (χ2n) is 7.05. The minimum absolute atomic E-state index is 0.0583. The minimum Gasteiger partial charge on any atom is -0.491 e. The topological polar surface area (TPSA) is 100 Å². The lowest BCUT2D eigenvalue weighted by atomic mass is 10.1. The predicted molar refractivity (Wildman–Crippen MR) is 124 cm³/mol. The van der Waals surface area contributed by atoms with Gasteiger partial charge in [0.25, 0.3) is 5.91 Å². The molecule has 1 aromatic rings. The molecule has 0 saturated carbocycles. The number of halogens is 2. The highest BCUT2D eigenvalue weighted by Gasteiger charge is 2.20. The first-order valence-corrected chi connectivity index (χ1v) is 11.4. The van der Waals surface area contributed by atoms with Gasteiger partial charge in [0.1, 0.15) is 11.5 Å². The monoisotopic (exact) mass is 534 g/mol. The number of rotatable bonds is 13. The first kappa shape index (κ1) is 25.9. The fourth-order valence-electron chi connectivity index (χ4n) is 2.75. The maximum absolute atomic E-state index is 12.6. The smallest absolute Gasteiger partial charge is 0.270 e. The summed E-state index contributed by atoms with van der Waals surface area (Å²) < 4.78 is 7.23. The van der Waals surface area contributed by atoms with Crippen LogP contribution in [0.15, 0.2) is 26.2 Å². The summed E-state index contributed by atoms with van der Waals surface area (Å²) in [7, 11) is 3.84. The van der Waals surface area contributed by atoms with Crippen LogP contribution in [0.3, 0.4) is 0 Å². The van der Waals surface area contributed by atoms with Crippen LogP contribution in [0.25, 0.3) is 0 Å². The van der Waals surface area contributed by atoms with E-state index in [2.05, 4.69) is 49.3 Å². The highest BCUT2D eigenvalue weighted by Crippen LogP contribution is 2.35. The van der Waals surface area contributed by atoms with E-state index in [-0.39, 0.29) is 24.2 Å². The Labute approximate surface area is 190 Å². The van der Waals surface area contributed by atoms with E-state index in [1.807, 2.05) is 31.1 Å². The van der Waals surface area contributed by atoms with Gasteiger partial charge in [0.15, 0.2) is 0 Å². The highest BCUT2D eigenvalue weighted by molar-refractivity contribution is 9.11. The van der Waals surface area contributed by atoms with Crippen molar-refractivity contribution >= 4 is 43.5 Å². The van der Waals surface area contributed by atoms with E-state index in [4.69, 9.17) is 10.5 Å². The predicted octanol–water partition coefficient (Wildman–Crippen LogP) is 3.90. The van der Waals surface area contributed by atoms with Crippen molar-refractivity contribution in [3.63, 3.8) is 0 Å². The number of ether oxygens (including phenoxy) is 1. The first-order valence-electron chi connectivity index (χ1n) is 9.83. The van der Waals surface area contributed by atoms with Crippen LogP contribution in [0.4, 0.5) is 0 Å². The zero-order valence-corrected chi connectivity index (χ0v) is 20.6. The summed E-state index contributed by atoms with van der Waals surface area (Å²) >= 11 is 7.00. The molecule has 7 nitrogen and oxygen atoms in total. The third kappa shape index (κ3) is 9.02. The Morgan fingerprint density at radius 3 is 2.45 bits per heavy atom. The van der Waals surface area contributed by atoms with Crippen LogP contribution in [-0.2, 0) is 11.2 Å². The Morgan fingerprint density at radius 2 is 1.93 bits per heavy atom. The average molecular weight is 536 g/mol. The molecule has 0 aromatic heterocycles. The van der Waals surface area contributed by atoms with Crippen molar-refractivity contribution in [2.24, 2.45) is 10.9 Å². The standard InChI is InChI=1S/C20H32Br2N4O3/c1-4-5-6-8-18(26(2)3)24-20(27)17(25-28)13-14-11-15(21)19(16(22)12-14)29-10-7-9-23/h11-12,18,28H,4-10,13,23H2,1-3H3,(H,24,27). The molecule has 29 heavy (non-hydrogen) atoms. The van der Waals surface area contributed by atoms with E-state index in [0.29, 0.717) is 18.9 Å². The van der Waals surface area contributed by atoms with Gasteiger partial charge in [0.05, 0.1) is 21.7 Å². The van der Waals surface area contributed by atoms with Crippen molar-refractivity contribution in [2.75, 3.05) is 27.2 Å². The summed E-state index contributed by atoms with van der Waals surface area (Å²) in [6.07, 6.45) is 4.94. The van der Waals surface area contributed by atoms with Crippen LogP contribution in [-0.4, -0.2) is 55.1 Å². The highest BCUT2D eigenvalue weighted by atomic mass is 79.9. The van der Waals surface area contributed by atoms with Crippen LogP contribution < -0.4 is 15.8 Å². The normalized spacial score (nSPS) is 12.9. The molecule has 0 heterocycles. The van der Waals surface area contributed by atoms with Crippen molar-refractivity contribution in [1.82, 2.24) is 10.2 Å². The van der Waals surface area contributed by atoms with Gasteiger partial charge < -0.3 is 21.0 Å². The van der Waals surface area contributed by atoms with Crippen molar-refractivity contribution in [2.45, 2.75) is 51.6 Å². The van der Waals surface area contributed by atoms with E-state index in [9.17, 15) is 10.0 Å². The third-order valence-electron chi connectivity index (χ3n) is 4.41. The fourth-order valence-corrected chi connectivity index (χ4v) is 4.26. The molecule has 1 amide bonds. The number of oxime groups is 1. The summed E-state index contributed by atoms with van der Waals surface area (Å²) in [6.45, 7) is 3.22. The number of nitrogens with zero attached hydrogens (tertiary/aromatic N) is 2. The molecule has 4 N–H and O–H groups in total. The molecule has 164 valence electrons. The zero-order valence-electron chi connectivity index (χ0n) is 17.4. The maximum Gasteiger partial charge on any atom is 0.270 e. The number of amides is 1. The lowest BCUT2D eigenvalue weighted by Crippen LogP contribution is -2.47. The Morgan fingerprint density at radius 1 is 1.28 bits per heavy atom. The summed E-state index contributed by atoms with van der Waals surface area (Å²) in [5.74, 6) is 0.302. The van der Waals surface area contributed by atoms with Gasteiger partial charge in [-0.25, -0.2) is 0 Å². The van der Waals surface area contributed by atoms with Gasteiger partial charge in [-0.05, 0) is 83.0 Å². The van der Waals surface area contributed by atoms with Crippen molar-refractivity contribution in [1.29, 1.82) is 0 Å². The number of benzene rings is 1. The lowest BCUT2D eigenvalue weighted by molar-refractivity contribution is -0.116. The average Bonchev–Trinajstić information content (AvgIpc) is 2.67. The number of carbonyl (C=O) groups excluding carboxylic acids is 1. The number of nitrogens with two attached hydrogens (primary N) is 1. The Kier molecular flexibility index (Phi) is 12.4. The van der Waals surface area contributed by atoms with Gasteiger partial charge >= 0.3 is 0 Å². The molecule has 1 rings (SSSR count). The van der Waals surface area contributed by atoms with Gasteiger partial charge in [-0.3, -0.25) is 9.69 Å². The summed E-state index contributed by atoms with van der Waals surface area (Å²) in [5.41, 5.74) is 6.37. The molecule has 0 fully saturated rings. The molecule has 1 atom stereocenters. The fraction of sp³-hybridized carbons (Fsp3) is 0.600. The van der Waals surface area contributed by atoms with E-state index in [1.54, 1.807) is 0 Å². The second kappa shape index (κ2) is 14.0. The van der Waals surface area contributed by atoms with Crippen LogP contribution >= 0.6 is 31.9 Å². The Hall–Kier alpha value is -1.16. The molecule has 1 unspecified atom stereocenters. The first-order chi connectivity index (χ1) is 13.8. The van der Waals surface area contributed by atoms with Crippen molar-refractivity contribution < 1.29 is 14.7 Å². The molecule has 0 bridgehead atoms. The molecule has 0 spiro atoms. The number of hydrogen-bond acceptors (Lipinski definition) is 6. The van der Waals surface area contributed by atoms with Gasteiger partial charge in [0, 0.05) is 6.42 Å². The van der Waals surface area contributed by atoms with Gasteiger partial charge in [-0.15, -0.1) is 0 Å². The number of nitrogens with one attached hydrogen (secondary N) is 1. The number of unbranched alkanes of at least 4 members (excludes halogenated alkanes) is 2. The van der Waals surface area contributed by atoms with E-state index in [1.165, 1.54) is 0 Å². The van der Waals surface area contributed by atoms with Crippen LogP contribution in [0, 0.1) is 0 Å². The molecule has 0 aliphatic heterocycles. The SMILES string of the molecule is CCCCCC(NC(=O)C(Cc1cc(Br)c(OCCCN)c(Br)c1)=NO)N(C)C. The molecular weight excluding hydrogens is 504 g/mol. The van der Waals surface area contributed by atoms with Crippen LogP contribution in [0.2, 0.25) is 0 Å². The third-order valence-corrected chi connectivity index (χ3v) is 5.59. The molecule has 0 radical (unpaired) electrons. The second-order valence-corrected chi connectivity index (χ2v) is 8.76. The van der Waals surface area contributed by atoms with Crippen molar-refractivity contribution in [3.05, 3.63) is 26.6 Å². The Balaban J connectivity index is 2.82. The zero-order chi connectivity index (χ0) is 21.8. The quantitative estimate of drug-likeness (QED) is 0.117. The lowest BCUT2D eigenvalue weighted by Gasteiger charge is -2.25. The molecule has 0 aliphatic rings. The minimum atomic E-state index is -0.377. The van der Waals surface area contributed by atoms with Gasteiger partial charge in [0.2, 0.25) is 0 Å². The largest absolute Gasteiger partial charge is 0.491 e. The number of carbonyl (C=O) groups is 1. The summed E-state index contributed by atoms with van der Waals surface area (Å²) in [4.78, 5) is 14.6. The summed E-state index contributed by atoms with van der Waals surface area (Å²) in [6, 6.07) is 3.71. The van der Waals surface area contributed by atoms with Crippen molar-refractivity contribution in [3.8, 4) is 5.75 Å². The van der Waals surface area contributed by atoms with E-state index >= 15 is 0 Å². The van der Waals surface area contributed by atoms with E-state index < -0.39 is 0 Å². The molecule has 0 saturated heterocycles. The number of hydrogen-bond donors (Lipinski definition) is 3. The van der Waals surface area contributed by atoms with Crippen LogP contribution in [0.5, 0.6) is 5.75 Å². The molecule has 9 heteroatoms. The Bertz CT molecular complexity index is 661. The molecule has 1 aromatic carbocycles. The molecule has 0 aliphatic carbocycles. The van der Waals surface area contributed by atoms with Crippen LogP contribution in [0.1, 0.15) is 44.6 Å². The van der Waals surface area contributed by atoms with Gasteiger partial charge in [-0.2, -0.15) is 0 Å². The maximum atomic E-state index is 12.6. The molecular formula is C20H32Br2N4O3. The van der Waals surface area contributed by atoms with E-state index in [0.717, 1.165) is 46.6 Å².